The molecule has 0 radical (unpaired) electrons. The van der Waals surface area contributed by atoms with Crippen LogP contribution in [0.3, 0.4) is 0 Å². The van der Waals surface area contributed by atoms with E-state index >= 15 is 0 Å². The Kier molecular flexibility index (Phi) is 3.26. The minimum atomic E-state index is -0.416. The Bertz CT molecular complexity index is 537. The van der Waals surface area contributed by atoms with E-state index in [9.17, 15) is 4.79 Å². The molecule has 0 aromatic carbocycles. The molecule has 20 heavy (non-hydrogen) atoms. The lowest BCUT2D eigenvalue weighted by Gasteiger charge is -2.26. The van der Waals surface area contributed by atoms with Crippen molar-refractivity contribution in [3.8, 4) is 0 Å². The molecule has 2 heterocycles. The van der Waals surface area contributed by atoms with Crippen molar-refractivity contribution in [1.29, 1.82) is 0 Å². The third kappa shape index (κ3) is 2.54. The molecule has 1 saturated carbocycles. The van der Waals surface area contributed by atoms with E-state index in [1.54, 1.807) is 0 Å². The lowest BCUT2D eigenvalue weighted by atomic mass is 10.2. The van der Waals surface area contributed by atoms with Gasteiger partial charge in [-0.05, 0) is 50.3 Å². The molecule has 2 fully saturated rings. The third-order valence-electron chi connectivity index (χ3n) is 4.01. The van der Waals surface area contributed by atoms with E-state index in [1.807, 2.05) is 32.6 Å². The van der Waals surface area contributed by atoms with Crippen LogP contribution in [0.2, 0.25) is 0 Å². The minimum absolute atomic E-state index is 0.180. The first-order chi connectivity index (χ1) is 9.26. The van der Waals surface area contributed by atoms with Crippen LogP contribution in [0.25, 0.3) is 0 Å². The van der Waals surface area contributed by atoms with Crippen molar-refractivity contribution >= 4 is 28.7 Å². The van der Waals surface area contributed by atoms with Gasteiger partial charge in [0.05, 0.1) is 0 Å². The number of imidazole rings is 1. The molecule has 2 aliphatic rings. The molecule has 6 heteroatoms. The van der Waals surface area contributed by atoms with Crippen molar-refractivity contribution in [2.75, 3.05) is 13.1 Å². The number of piperidine rings is 1. The molecule has 1 saturated heterocycles. The summed E-state index contributed by atoms with van der Waals surface area (Å²) in [4.78, 5) is 18.3. The molecule has 1 aliphatic heterocycles. The summed E-state index contributed by atoms with van der Waals surface area (Å²) in [7, 11) is 0. The summed E-state index contributed by atoms with van der Waals surface area (Å²) in [6.07, 6.45) is 1.93. The Morgan fingerprint density at radius 2 is 2.00 bits per heavy atom. The summed E-state index contributed by atoms with van der Waals surface area (Å²) in [5.41, 5.74) is -0.416. The topological polar surface area (TPSA) is 47.4 Å². The number of hydrogen-bond donors (Lipinski definition) is 0. The van der Waals surface area contributed by atoms with Crippen LogP contribution in [-0.2, 0) is 4.74 Å². The summed E-state index contributed by atoms with van der Waals surface area (Å²) in [5, 5.41) is 0. The number of halogens is 1. The highest BCUT2D eigenvalue weighted by molar-refractivity contribution is 14.1. The maximum atomic E-state index is 12.0. The normalized spacial score (nSPS) is 28.4. The lowest BCUT2D eigenvalue weighted by Crippen LogP contribution is -2.37. The Balaban J connectivity index is 1.61. The SMILES string of the molecule is Cc1nc(I)cn1[C@H]1[C@@H]2CN(C(=O)OC(C)(C)C)C[C@@H]21. The van der Waals surface area contributed by atoms with E-state index in [-0.39, 0.29) is 6.09 Å². The second-order valence-electron chi connectivity index (χ2n) is 6.72. The number of hydrogen-bond acceptors (Lipinski definition) is 3. The van der Waals surface area contributed by atoms with Gasteiger partial charge in [-0.3, -0.25) is 0 Å². The van der Waals surface area contributed by atoms with Crippen LogP contribution in [0.4, 0.5) is 4.79 Å². The van der Waals surface area contributed by atoms with Gasteiger partial charge in [0.25, 0.3) is 0 Å². The lowest BCUT2D eigenvalue weighted by molar-refractivity contribution is 0.0266. The van der Waals surface area contributed by atoms with E-state index < -0.39 is 5.60 Å². The third-order valence-corrected chi connectivity index (χ3v) is 4.53. The zero-order valence-electron chi connectivity index (χ0n) is 12.3. The molecule has 3 atom stereocenters. The van der Waals surface area contributed by atoms with E-state index in [0.717, 1.165) is 22.6 Å². The fourth-order valence-corrected chi connectivity index (χ4v) is 3.78. The van der Waals surface area contributed by atoms with Crippen LogP contribution in [0.15, 0.2) is 6.20 Å². The zero-order chi connectivity index (χ0) is 14.7. The number of ether oxygens (including phenoxy) is 1. The number of aromatic nitrogens is 2. The second-order valence-corrected chi connectivity index (χ2v) is 7.83. The van der Waals surface area contributed by atoms with Crippen LogP contribution in [0, 0.1) is 22.5 Å². The highest BCUT2D eigenvalue weighted by Gasteiger charge is 2.58. The molecule has 0 spiro atoms. The molecule has 1 amide bonds. The molecular weight excluding hydrogens is 369 g/mol. The standard InChI is InChI=1S/C14H20IN3O2/c1-8-16-11(15)7-18(8)12-9-5-17(6-10(9)12)13(19)20-14(2,3)4/h7,9-10,12H,5-6H2,1-4H3/t9-,10+,12+. The molecule has 0 bridgehead atoms. The molecule has 110 valence electrons. The minimum Gasteiger partial charge on any atom is -0.444 e. The van der Waals surface area contributed by atoms with Crippen molar-refractivity contribution in [2.45, 2.75) is 39.3 Å². The van der Waals surface area contributed by atoms with Crippen molar-refractivity contribution < 1.29 is 9.53 Å². The Morgan fingerprint density at radius 1 is 1.40 bits per heavy atom. The molecule has 1 aromatic heterocycles. The number of rotatable bonds is 1. The van der Waals surface area contributed by atoms with Crippen LogP contribution in [0.1, 0.15) is 32.6 Å². The number of likely N-dealkylation sites (tertiary alicyclic amines) is 1. The smallest absolute Gasteiger partial charge is 0.410 e. The molecule has 0 unspecified atom stereocenters. The number of amides is 1. The second kappa shape index (κ2) is 4.61. The van der Waals surface area contributed by atoms with Crippen LogP contribution in [-0.4, -0.2) is 39.2 Å². The molecule has 0 N–H and O–H groups in total. The summed E-state index contributed by atoms with van der Waals surface area (Å²) in [5.74, 6) is 2.19. The van der Waals surface area contributed by atoms with Gasteiger partial charge >= 0.3 is 6.09 Å². The quantitative estimate of drug-likeness (QED) is 0.695. The van der Waals surface area contributed by atoms with Crippen molar-refractivity contribution in [3.63, 3.8) is 0 Å². The Morgan fingerprint density at radius 3 is 2.45 bits per heavy atom. The molecule has 1 aromatic rings. The first-order valence-electron chi connectivity index (χ1n) is 6.95. The predicted molar refractivity (Wildman–Crippen MR) is 83.5 cm³/mol. The van der Waals surface area contributed by atoms with Gasteiger partial charge in [0.2, 0.25) is 0 Å². The molecule has 1 aliphatic carbocycles. The number of fused-ring (bicyclic) bond motifs is 1. The van der Waals surface area contributed by atoms with Crippen LogP contribution < -0.4 is 0 Å². The van der Waals surface area contributed by atoms with E-state index in [0.29, 0.717) is 17.9 Å². The van der Waals surface area contributed by atoms with E-state index in [2.05, 4.69) is 38.3 Å². The molecule has 3 rings (SSSR count). The van der Waals surface area contributed by atoms with Crippen LogP contribution >= 0.6 is 22.6 Å². The van der Waals surface area contributed by atoms with Gasteiger partial charge < -0.3 is 14.2 Å². The summed E-state index contributed by atoms with van der Waals surface area (Å²) in [6, 6.07) is 0.518. The van der Waals surface area contributed by atoms with Crippen molar-refractivity contribution in [1.82, 2.24) is 14.5 Å². The van der Waals surface area contributed by atoms with Gasteiger partial charge in [-0.25, -0.2) is 9.78 Å². The average molecular weight is 389 g/mol. The highest BCUT2D eigenvalue weighted by Crippen LogP contribution is 2.55. The molecule has 5 nitrogen and oxygen atoms in total. The van der Waals surface area contributed by atoms with Crippen molar-refractivity contribution in [3.05, 3.63) is 15.7 Å². The number of aryl methyl sites for hydroxylation is 1. The van der Waals surface area contributed by atoms with Gasteiger partial charge in [0.15, 0.2) is 0 Å². The Labute approximate surface area is 132 Å². The number of carbonyl (C=O) groups excluding carboxylic acids is 1. The van der Waals surface area contributed by atoms with Crippen LogP contribution in [0.5, 0.6) is 0 Å². The summed E-state index contributed by atoms with van der Waals surface area (Å²) in [6.45, 7) is 9.36. The highest BCUT2D eigenvalue weighted by atomic mass is 127. The van der Waals surface area contributed by atoms with E-state index in [1.165, 1.54) is 0 Å². The summed E-state index contributed by atoms with van der Waals surface area (Å²) < 4.78 is 8.73. The first kappa shape index (κ1) is 14.2. The number of nitrogens with zero attached hydrogens (tertiary/aromatic N) is 3. The fourth-order valence-electron chi connectivity index (χ4n) is 3.13. The molecular formula is C14H20IN3O2. The maximum Gasteiger partial charge on any atom is 0.410 e. The van der Waals surface area contributed by atoms with Gasteiger partial charge in [-0.1, -0.05) is 0 Å². The monoisotopic (exact) mass is 389 g/mol. The number of carbonyl (C=O) groups is 1. The summed E-state index contributed by atoms with van der Waals surface area (Å²) >= 11 is 2.24. The fraction of sp³-hybridized carbons (Fsp3) is 0.714. The average Bonchev–Trinajstić information content (AvgIpc) is 2.67. The van der Waals surface area contributed by atoms with Gasteiger partial charge in [-0.2, -0.15) is 0 Å². The predicted octanol–water partition coefficient (Wildman–Crippen LogP) is 2.83. The largest absolute Gasteiger partial charge is 0.444 e. The van der Waals surface area contributed by atoms with E-state index in [4.69, 9.17) is 4.74 Å². The maximum absolute atomic E-state index is 12.0. The Hall–Kier alpha value is -0.790. The van der Waals surface area contributed by atoms with Gasteiger partial charge in [-0.15, -0.1) is 0 Å². The first-order valence-corrected chi connectivity index (χ1v) is 8.03. The van der Waals surface area contributed by atoms with Crippen molar-refractivity contribution in [2.24, 2.45) is 11.8 Å². The van der Waals surface area contributed by atoms with Gasteiger partial charge in [0.1, 0.15) is 15.1 Å². The van der Waals surface area contributed by atoms with Gasteiger partial charge in [0, 0.05) is 37.2 Å². The zero-order valence-corrected chi connectivity index (χ0v) is 14.4.